The zero-order chi connectivity index (χ0) is 11.4. The lowest BCUT2D eigenvalue weighted by Crippen LogP contribution is -2.45. The first-order valence-corrected chi connectivity index (χ1v) is 6.90. The van der Waals surface area contributed by atoms with Gasteiger partial charge < -0.3 is 10.4 Å². The van der Waals surface area contributed by atoms with Gasteiger partial charge in [0.2, 0.25) is 0 Å². The predicted molar refractivity (Wildman–Crippen MR) is 67.1 cm³/mol. The van der Waals surface area contributed by atoms with Gasteiger partial charge in [-0.05, 0) is 43.9 Å². The average Bonchev–Trinajstić information content (AvgIpc) is 2.31. The fourth-order valence-corrected chi connectivity index (χ4v) is 3.40. The van der Waals surface area contributed by atoms with Crippen molar-refractivity contribution in [1.82, 2.24) is 5.32 Å². The number of rotatable bonds is 4. The van der Waals surface area contributed by atoms with E-state index in [2.05, 4.69) is 18.4 Å². The molecule has 2 heteroatoms. The summed E-state index contributed by atoms with van der Waals surface area (Å²) in [6, 6.07) is 0. The molecule has 0 aromatic rings. The van der Waals surface area contributed by atoms with Gasteiger partial charge in [-0.2, -0.15) is 0 Å². The Morgan fingerprint density at radius 3 is 3.19 bits per heavy atom. The van der Waals surface area contributed by atoms with Crippen molar-refractivity contribution in [1.29, 1.82) is 0 Å². The molecule has 1 aliphatic heterocycles. The van der Waals surface area contributed by atoms with Crippen molar-refractivity contribution in [3.8, 4) is 0 Å². The Hall–Kier alpha value is -0.500. The lowest BCUT2D eigenvalue weighted by atomic mass is 9.63. The van der Waals surface area contributed by atoms with Gasteiger partial charge in [-0.15, -0.1) is 0 Å². The van der Waals surface area contributed by atoms with E-state index < -0.39 is 0 Å². The van der Waals surface area contributed by atoms with Gasteiger partial charge in [0, 0.05) is 12.0 Å². The van der Waals surface area contributed by atoms with Gasteiger partial charge in [0.1, 0.15) is 0 Å². The lowest BCUT2D eigenvalue weighted by molar-refractivity contribution is 0.00789. The molecule has 1 heterocycles. The predicted octanol–water partition coefficient (Wildman–Crippen LogP) is 2.98. The van der Waals surface area contributed by atoms with E-state index in [1.54, 1.807) is 0 Å². The van der Waals surface area contributed by atoms with Crippen molar-refractivity contribution in [2.24, 2.45) is 5.41 Å². The smallest absolute Gasteiger partial charge is 0.0635 e. The molecule has 16 heavy (non-hydrogen) atoms. The fourth-order valence-electron chi connectivity index (χ4n) is 3.40. The molecule has 0 radical (unpaired) electrons. The maximum Gasteiger partial charge on any atom is 0.0635 e. The third kappa shape index (κ3) is 2.13. The lowest BCUT2D eigenvalue weighted by Gasteiger charge is -2.46. The maximum atomic E-state index is 10.4. The van der Waals surface area contributed by atoms with Gasteiger partial charge >= 0.3 is 0 Å². The van der Waals surface area contributed by atoms with Crippen molar-refractivity contribution in [2.75, 3.05) is 6.54 Å². The highest BCUT2D eigenvalue weighted by Crippen LogP contribution is 2.48. The first-order chi connectivity index (χ1) is 7.79. The number of hydrogen-bond acceptors (Lipinski definition) is 2. The van der Waals surface area contributed by atoms with Crippen LogP contribution in [-0.2, 0) is 0 Å². The van der Waals surface area contributed by atoms with Crippen molar-refractivity contribution in [2.45, 2.75) is 64.4 Å². The molecule has 0 spiro atoms. The first-order valence-electron chi connectivity index (χ1n) is 6.90. The molecule has 2 rings (SSSR count). The summed E-state index contributed by atoms with van der Waals surface area (Å²) < 4.78 is 0. The van der Waals surface area contributed by atoms with Crippen molar-refractivity contribution in [3.63, 3.8) is 0 Å². The summed E-state index contributed by atoms with van der Waals surface area (Å²) in [7, 11) is 0. The third-order valence-corrected chi connectivity index (χ3v) is 4.42. The molecule has 0 aromatic carbocycles. The van der Waals surface area contributed by atoms with Crippen LogP contribution in [0.3, 0.4) is 0 Å². The summed E-state index contributed by atoms with van der Waals surface area (Å²) >= 11 is 0. The quantitative estimate of drug-likeness (QED) is 0.718. The van der Waals surface area contributed by atoms with Crippen molar-refractivity contribution in [3.05, 3.63) is 11.8 Å². The van der Waals surface area contributed by atoms with Crippen LogP contribution in [0.25, 0.3) is 0 Å². The van der Waals surface area contributed by atoms with Crippen molar-refractivity contribution < 1.29 is 5.11 Å². The molecule has 1 aliphatic carbocycles. The normalized spacial score (nSPS) is 33.9. The van der Waals surface area contributed by atoms with Crippen LogP contribution in [0.15, 0.2) is 11.8 Å². The standard InChI is InChI=1S/C14H25NO/c1-2-3-4-8-14-9-10-15-11-12(14)6-5-7-13(14)16/h11,13,15-16H,2-10H2,1H3. The molecular formula is C14H25NO. The third-order valence-electron chi connectivity index (χ3n) is 4.42. The summed E-state index contributed by atoms with van der Waals surface area (Å²) in [5.74, 6) is 0. The Morgan fingerprint density at radius 2 is 2.38 bits per heavy atom. The summed E-state index contributed by atoms with van der Waals surface area (Å²) in [6.45, 7) is 3.28. The molecule has 1 saturated carbocycles. The number of aliphatic hydroxyl groups excluding tert-OH is 1. The second kappa shape index (κ2) is 5.22. The largest absolute Gasteiger partial charge is 0.392 e. The van der Waals surface area contributed by atoms with E-state index in [1.165, 1.54) is 37.7 Å². The molecule has 0 saturated heterocycles. The summed E-state index contributed by atoms with van der Waals surface area (Å²) in [5.41, 5.74) is 1.63. The van der Waals surface area contributed by atoms with E-state index in [0.29, 0.717) is 0 Å². The highest BCUT2D eigenvalue weighted by molar-refractivity contribution is 5.22. The van der Waals surface area contributed by atoms with Gasteiger partial charge in [0.25, 0.3) is 0 Å². The highest BCUT2D eigenvalue weighted by Gasteiger charge is 2.43. The van der Waals surface area contributed by atoms with E-state index in [9.17, 15) is 5.11 Å². The molecule has 0 amide bonds. The second-order valence-electron chi connectivity index (χ2n) is 5.39. The van der Waals surface area contributed by atoms with Crippen LogP contribution in [0, 0.1) is 5.41 Å². The molecular weight excluding hydrogens is 198 g/mol. The Kier molecular flexibility index (Phi) is 3.91. The minimum Gasteiger partial charge on any atom is -0.392 e. The minimum atomic E-state index is -0.0912. The van der Waals surface area contributed by atoms with Gasteiger partial charge in [-0.3, -0.25) is 0 Å². The van der Waals surface area contributed by atoms with E-state index >= 15 is 0 Å². The van der Waals surface area contributed by atoms with Crippen LogP contribution in [0.1, 0.15) is 58.3 Å². The fraction of sp³-hybridized carbons (Fsp3) is 0.857. The average molecular weight is 223 g/mol. The molecule has 2 N–H and O–H groups in total. The molecule has 0 bridgehead atoms. The van der Waals surface area contributed by atoms with Crippen LogP contribution in [0.2, 0.25) is 0 Å². The van der Waals surface area contributed by atoms with E-state index in [0.717, 1.165) is 25.8 Å². The maximum absolute atomic E-state index is 10.4. The van der Waals surface area contributed by atoms with Gasteiger partial charge in [-0.1, -0.05) is 26.2 Å². The zero-order valence-corrected chi connectivity index (χ0v) is 10.5. The number of unbranched alkanes of at least 4 members (excludes halogenated alkanes) is 2. The molecule has 2 aliphatic rings. The minimum absolute atomic E-state index is 0.0912. The number of aliphatic hydroxyl groups is 1. The summed E-state index contributed by atoms with van der Waals surface area (Å²) in [4.78, 5) is 0. The summed E-state index contributed by atoms with van der Waals surface area (Å²) in [6.07, 6.45) is 11.6. The Balaban J connectivity index is 2.10. The SMILES string of the molecule is CCCCCC12CCNC=C1CCCC2O. The topological polar surface area (TPSA) is 32.3 Å². The Bertz CT molecular complexity index is 261. The number of nitrogens with one attached hydrogen (secondary N) is 1. The monoisotopic (exact) mass is 223 g/mol. The van der Waals surface area contributed by atoms with Gasteiger partial charge in [0.15, 0.2) is 0 Å². The molecule has 2 nitrogen and oxygen atoms in total. The number of fused-ring (bicyclic) bond motifs is 1. The van der Waals surface area contributed by atoms with Crippen LogP contribution >= 0.6 is 0 Å². The highest BCUT2D eigenvalue weighted by atomic mass is 16.3. The Labute approximate surface area is 99.1 Å². The first kappa shape index (κ1) is 12.0. The van der Waals surface area contributed by atoms with E-state index in [4.69, 9.17) is 0 Å². The van der Waals surface area contributed by atoms with Gasteiger partial charge in [0.05, 0.1) is 6.10 Å². The molecule has 1 fully saturated rings. The van der Waals surface area contributed by atoms with Crippen LogP contribution in [0.4, 0.5) is 0 Å². The van der Waals surface area contributed by atoms with Crippen LogP contribution in [0.5, 0.6) is 0 Å². The Morgan fingerprint density at radius 1 is 1.50 bits per heavy atom. The van der Waals surface area contributed by atoms with Crippen molar-refractivity contribution >= 4 is 0 Å². The van der Waals surface area contributed by atoms with E-state index in [1.807, 2.05) is 0 Å². The van der Waals surface area contributed by atoms with Crippen LogP contribution in [-0.4, -0.2) is 17.8 Å². The summed E-state index contributed by atoms with van der Waals surface area (Å²) in [5, 5.41) is 13.7. The molecule has 2 unspecified atom stereocenters. The molecule has 2 atom stereocenters. The molecule has 0 aromatic heterocycles. The second-order valence-corrected chi connectivity index (χ2v) is 5.39. The van der Waals surface area contributed by atoms with Crippen LogP contribution < -0.4 is 5.32 Å². The van der Waals surface area contributed by atoms with E-state index in [-0.39, 0.29) is 11.5 Å². The van der Waals surface area contributed by atoms with Gasteiger partial charge in [-0.25, -0.2) is 0 Å². The molecule has 92 valence electrons. The number of hydrogen-bond donors (Lipinski definition) is 2. The zero-order valence-electron chi connectivity index (χ0n) is 10.5.